The number of hydrogen-bond donors (Lipinski definition) is 2. The molecule has 2 N–H and O–H groups in total. The van der Waals surface area contributed by atoms with E-state index in [9.17, 15) is 9.59 Å². The third-order valence-corrected chi connectivity index (χ3v) is 3.83. The van der Waals surface area contributed by atoms with Crippen LogP contribution in [0.3, 0.4) is 0 Å². The van der Waals surface area contributed by atoms with E-state index in [0.29, 0.717) is 18.2 Å². The van der Waals surface area contributed by atoms with E-state index >= 15 is 0 Å². The fourth-order valence-electron chi connectivity index (χ4n) is 2.40. The minimum absolute atomic E-state index is 0.0678. The van der Waals surface area contributed by atoms with Crippen molar-refractivity contribution in [1.82, 2.24) is 19.6 Å². The van der Waals surface area contributed by atoms with Gasteiger partial charge >= 0.3 is 5.97 Å². The Morgan fingerprint density at radius 1 is 1.24 bits per heavy atom. The molecule has 3 rings (SSSR count). The second-order valence-electron chi connectivity index (χ2n) is 5.57. The highest BCUT2D eigenvalue weighted by Crippen LogP contribution is 2.08. The molecule has 25 heavy (non-hydrogen) atoms. The first-order chi connectivity index (χ1) is 12.1. The summed E-state index contributed by atoms with van der Waals surface area (Å²) in [7, 11) is 1.29. The minimum atomic E-state index is -0.458. The number of fused-ring (bicyclic) bond motifs is 1. The van der Waals surface area contributed by atoms with Gasteiger partial charge in [-0.25, -0.2) is 4.98 Å². The molecule has 0 saturated heterocycles. The molecule has 0 radical (unpaired) electrons. The lowest BCUT2D eigenvalue weighted by atomic mass is 10.1. The zero-order chi connectivity index (χ0) is 17.8. The van der Waals surface area contributed by atoms with Gasteiger partial charge in [-0.1, -0.05) is 31.2 Å². The molecule has 8 heteroatoms. The maximum absolute atomic E-state index is 12.1. The summed E-state index contributed by atoms with van der Waals surface area (Å²) in [4.78, 5) is 31.9. The molecule has 130 valence electrons. The molecule has 8 nitrogen and oxygen atoms in total. The Balaban J connectivity index is 1.77. The van der Waals surface area contributed by atoms with Crippen LogP contribution in [0.25, 0.3) is 5.78 Å². The lowest BCUT2D eigenvalue weighted by Gasteiger charge is -2.03. The van der Waals surface area contributed by atoms with Gasteiger partial charge in [0.15, 0.2) is 0 Å². The largest absolute Gasteiger partial charge is 0.469 e. The average Bonchev–Trinajstić information content (AvgIpc) is 3.04. The van der Waals surface area contributed by atoms with Crippen molar-refractivity contribution in [2.24, 2.45) is 0 Å². The molecule has 0 aliphatic rings. The van der Waals surface area contributed by atoms with Crippen LogP contribution >= 0.6 is 0 Å². The molecule has 0 aliphatic heterocycles. The van der Waals surface area contributed by atoms with Crippen molar-refractivity contribution in [3.05, 3.63) is 57.5 Å². The van der Waals surface area contributed by atoms with Crippen molar-refractivity contribution in [1.29, 1.82) is 0 Å². The number of nitrogens with zero attached hydrogens (tertiary/aromatic N) is 3. The lowest BCUT2D eigenvalue weighted by molar-refractivity contribution is -0.139. The SMILES string of the molecule is CCc1ccc(CNc2nc3nc(CC(=O)OC)cc(=O)n3[nH]2)cc1. The van der Waals surface area contributed by atoms with Gasteiger partial charge in [0.05, 0.1) is 19.2 Å². The molecule has 0 saturated carbocycles. The Kier molecular flexibility index (Phi) is 4.78. The highest BCUT2D eigenvalue weighted by molar-refractivity contribution is 5.71. The average molecular weight is 341 g/mol. The van der Waals surface area contributed by atoms with Crippen molar-refractivity contribution >= 4 is 17.7 Å². The lowest BCUT2D eigenvalue weighted by Crippen LogP contribution is -2.17. The van der Waals surface area contributed by atoms with E-state index in [-0.39, 0.29) is 17.8 Å². The molecule has 0 amide bonds. The number of aromatic amines is 1. The van der Waals surface area contributed by atoms with Crippen molar-refractivity contribution in [3.8, 4) is 0 Å². The van der Waals surface area contributed by atoms with Gasteiger partial charge in [-0.15, -0.1) is 0 Å². The summed E-state index contributed by atoms with van der Waals surface area (Å²) in [6.07, 6.45) is 0.932. The van der Waals surface area contributed by atoms with Crippen molar-refractivity contribution in [2.75, 3.05) is 12.4 Å². The minimum Gasteiger partial charge on any atom is -0.469 e. The number of anilines is 1. The first-order valence-electron chi connectivity index (χ1n) is 7.96. The van der Waals surface area contributed by atoms with E-state index in [4.69, 9.17) is 0 Å². The highest BCUT2D eigenvalue weighted by Gasteiger charge is 2.11. The molecular formula is C17H19N5O3. The topological polar surface area (TPSA) is 101 Å². The Labute approximate surface area is 143 Å². The van der Waals surface area contributed by atoms with E-state index < -0.39 is 5.97 Å². The van der Waals surface area contributed by atoms with E-state index in [0.717, 1.165) is 12.0 Å². The van der Waals surface area contributed by atoms with Crippen molar-refractivity contribution < 1.29 is 9.53 Å². The van der Waals surface area contributed by atoms with E-state index in [2.05, 4.69) is 44.2 Å². The number of aryl methyl sites for hydroxylation is 1. The predicted octanol–water partition coefficient (Wildman–Crippen LogP) is 1.31. The second-order valence-corrected chi connectivity index (χ2v) is 5.57. The van der Waals surface area contributed by atoms with Gasteiger partial charge in [0, 0.05) is 12.6 Å². The quantitative estimate of drug-likeness (QED) is 0.656. The molecule has 0 bridgehead atoms. The fourth-order valence-corrected chi connectivity index (χ4v) is 2.40. The van der Waals surface area contributed by atoms with Gasteiger partial charge in [-0.2, -0.15) is 9.50 Å². The van der Waals surface area contributed by atoms with Crippen LogP contribution in [-0.2, 0) is 28.9 Å². The summed E-state index contributed by atoms with van der Waals surface area (Å²) in [5.74, 6) is 0.176. The van der Waals surface area contributed by atoms with Crippen LogP contribution in [-0.4, -0.2) is 32.7 Å². The first kappa shape index (κ1) is 16.7. The number of hydrogen-bond acceptors (Lipinski definition) is 6. The summed E-state index contributed by atoms with van der Waals surface area (Å²) in [5.41, 5.74) is 2.37. The van der Waals surface area contributed by atoms with Crippen molar-refractivity contribution in [3.63, 3.8) is 0 Å². The zero-order valence-corrected chi connectivity index (χ0v) is 14.1. The Morgan fingerprint density at radius 3 is 2.64 bits per heavy atom. The molecule has 0 atom stereocenters. The number of esters is 1. The van der Waals surface area contributed by atoms with Crippen LogP contribution in [0.15, 0.2) is 35.1 Å². The van der Waals surface area contributed by atoms with E-state index in [1.54, 1.807) is 0 Å². The number of ether oxygens (including phenoxy) is 1. The molecule has 0 fully saturated rings. The van der Waals surface area contributed by atoms with Gasteiger partial charge in [0.1, 0.15) is 0 Å². The smallest absolute Gasteiger partial charge is 0.311 e. The van der Waals surface area contributed by atoms with E-state index in [1.807, 2.05) is 12.1 Å². The molecule has 1 aromatic carbocycles. The zero-order valence-electron chi connectivity index (χ0n) is 14.1. The summed E-state index contributed by atoms with van der Waals surface area (Å²) >= 11 is 0. The number of methoxy groups -OCH3 is 1. The molecule has 0 unspecified atom stereocenters. The first-order valence-corrected chi connectivity index (χ1v) is 7.96. The van der Waals surface area contributed by atoms with Crippen LogP contribution in [0, 0.1) is 0 Å². The molecule has 2 aromatic heterocycles. The number of H-pyrrole nitrogens is 1. The Hall–Kier alpha value is -3.16. The van der Waals surface area contributed by atoms with Gasteiger partial charge in [-0.05, 0) is 17.5 Å². The maximum Gasteiger partial charge on any atom is 0.311 e. The second kappa shape index (κ2) is 7.16. The standard InChI is InChI=1S/C17H19N5O3/c1-3-11-4-6-12(7-5-11)10-18-16-20-17-19-13(9-15(24)25-2)8-14(23)22(17)21-16/h4-8H,3,9-10H2,1-2H3,(H2,18,19,20,21). The van der Waals surface area contributed by atoms with Crippen LogP contribution in [0.2, 0.25) is 0 Å². The van der Waals surface area contributed by atoms with Crippen LogP contribution < -0.4 is 10.9 Å². The van der Waals surface area contributed by atoms with Gasteiger partial charge in [0.25, 0.3) is 11.3 Å². The molecule has 3 aromatic rings. The number of carbonyl (C=O) groups excluding carboxylic acids is 1. The van der Waals surface area contributed by atoms with E-state index in [1.165, 1.54) is 23.3 Å². The number of rotatable bonds is 6. The summed E-state index contributed by atoms with van der Waals surface area (Å²) in [5, 5.41) is 5.98. The van der Waals surface area contributed by atoms with Gasteiger partial charge in [-0.3, -0.25) is 14.7 Å². The summed E-state index contributed by atoms with van der Waals surface area (Å²) in [6, 6.07) is 9.55. The summed E-state index contributed by atoms with van der Waals surface area (Å²) in [6.45, 7) is 2.68. The van der Waals surface area contributed by atoms with Gasteiger partial charge < -0.3 is 10.1 Å². The molecular weight excluding hydrogens is 322 g/mol. The third kappa shape index (κ3) is 3.85. The molecule has 0 aliphatic carbocycles. The maximum atomic E-state index is 12.1. The Bertz CT molecular complexity index is 943. The molecule has 2 heterocycles. The van der Waals surface area contributed by atoms with Crippen LogP contribution in [0.5, 0.6) is 0 Å². The monoisotopic (exact) mass is 341 g/mol. The van der Waals surface area contributed by atoms with Crippen LogP contribution in [0.1, 0.15) is 23.7 Å². The normalized spacial score (nSPS) is 10.8. The van der Waals surface area contributed by atoms with Crippen LogP contribution in [0.4, 0.5) is 5.95 Å². The number of benzene rings is 1. The summed E-state index contributed by atoms with van der Waals surface area (Å²) < 4.78 is 5.81. The number of nitrogens with one attached hydrogen (secondary N) is 2. The third-order valence-electron chi connectivity index (χ3n) is 3.83. The highest BCUT2D eigenvalue weighted by atomic mass is 16.5. The number of carbonyl (C=O) groups is 1. The number of aromatic nitrogens is 4. The van der Waals surface area contributed by atoms with Crippen molar-refractivity contribution in [2.45, 2.75) is 26.3 Å². The Morgan fingerprint density at radius 2 is 1.96 bits per heavy atom. The molecule has 0 spiro atoms. The predicted molar refractivity (Wildman–Crippen MR) is 92.5 cm³/mol. The van der Waals surface area contributed by atoms with Gasteiger partial charge in [0.2, 0.25) is 5.95 Å². The fraction of sp³-hybridized carbons (Fsp3) is 0.294.